The van der Waals surface area contributed by atoms with Crippen molar-refractivity contribution in [1.82, 2.24) is 9.88 Å². The fourth-order valence-electron chi connectivity index (χ4n) is 3.04. The summed E-state index contributed by atoms with van der Waals surface area (Å²) in [5.74, 6) is -0.676. The first-order valence-electron chi connectivity index (χ1n) is 8.66. The number of hydrogen-bond acceptors (Lipinski definition) is 6. The highest BCUT2D eigenvalue weighted by Gasteiger charge is 2.23. The van der Waals surface area contributed by atoms with Crippen LogP contribution in [-0.2, 0) is 11.3 Å². The monoisotopic (exact) mass is 407 g/mol. The lowest BCUT2D eigenvalue weighted by molar-refractivity contribution is -0.384. The summed E-state index contributed by atoms with van der Waals surface area (Å²) in [5.41, 5.74) is 2.35. The van der Waals surface area contributed by atoms with E-state index in [4.69, 9.17) is 16.3 Å². The Bertz CT molecular complexity index is 923. The molecule has 2 rings (SSSR count). The van der Waals surface area contributed by atoms with Gasteiger partial charge in [0.25, 0.3) is 5.69 Å². The maximum Gasteiger partial charge on any atom is 0.355 e. The number of Topliss-reactive ketones (excluding diaryl/α,β-unsaturated/α-hetero) is 1. The minimum Gasteiger partial charge on any atom is -0.461 e. The SMILES string of the molecule is CCOC(=O)c1[nH]c(C)c(C(=O)CN(C)Cc2cc([N+](=O)[O-])ccc2Cl)c1C. The Hall–Kier alpha value is -2.71. The largest absolute Gasteiger partial charge is 0.461 e. The number of esters is 1. The lowest BCUT2D eigenvalue weighted by atomic mass is 10.0. The number of benzene rings is 1. The summed E-state index contributed by atoms with van der Waals surface area (Å²) in [4.78, 5) is 39.9. The van der Waals surface area contributed by atoms with Gasteiger partial charge in [0, 0.05) is 35.0 Å². The Morgan fingerprint density at radius 2 is 2.00 bits per heavy atom. The van der Waals surface area contributed by atoms with E-state index >= 15 is 0 Å². The molecular weight excluding hydrogens is 386 g/mol. The highest BCUT2D eigenvalue weighted by molar-refractivity contribution is 6.31. The molecule has 0 aliphatic rings. The molecule has 8 nitrogen and oxygen atoms in total. The fraction of sp³-hybridized carbons (Fsp3) is 0.368. The first-order chi connectivity index (χ1) is 13.1. The van der Waals surface area contributed by atoms with Crippen LogP contribution in [0.3, 0.4) is 0 Å². The predicted octanol–water partition coefficient (Wildman–Crippen LogP) is 3.68. The average molecular weight is 408 g/mol. The van der Waals surface area contributed by atoms with Crippen LogP contribution in [0.25, 0.3) is 0 Å². The lowest BCUT2D eigenvalue weighted by Crippen LogP contribution is -2.26. The maximum atomic E-state index is 12.8. The van der Waals surface area contributed by atoms with Gasteiger partial charge in [-0.1, -0.05) is 11.6 Å². The van der Waals surface area contributed by atoms with Gasteiger partial charge < -0.3 is 9.72 Å². The zero-order valence-corrected chi connectivity index (χ0v) is 16.9. The topological polar surface area (TPSA) is 106 Å². The smallest absolute Gasteiger partial charge is 0.355 e. The lowest BCUT2D eigenvalue weighted by Gasteiger charge is -2.17. The molecule has 0 atom stereocenters. The number of rotatable bonds is 8. The molecule has 1 aromatic heterocycles. The Labute approximate surface area is 167 Å². The second-order valence-electron chi connectivity index (χ2n) is 6.47. The van der Waals surface area contributed by atoms with E-state index < -0.39 is 10.9 Å². The third-order valence-corrected chi connectivity index (χ3v) is 4.66. The van der Waals surface area contributed by atoms with Gasteiger partial charge in [0.1, 0.15) is 5.69 Å². The number of hydrogen-bond donors (Lipinski definition) is 1. The van der Waals surface area contributed by atoms with Crippen LogP contribution in [0.15, 0.2) is 18.2 Å². The van der Waals surface area contributed by atoms with E-state index in [1.54, 1.807) is 32.7 Å². The van der Waals surface area contributed by atoms with Gasteiger partial charge in [0.15, 0.2) is 5.78 Å². The van der Waals surface area contributed by atoms with Crippen molar-refractivity contribution in [3.63, 3.8) is 0 Å². The van der Waals surface area contributed by atoms with Crippen molar-refractivity contribution >= 4 is 29.0 Å². The average Bonchev–Trinajstić information content (AvgIpc) is 2.91. The minimum atomic E-state index is -0.501. The molecule has 0 bridgehead atoms. The molecule has 0 saturated heterocycles. The highest BCUT2D eigenvalue weighted by atomic mass is 35.5. The number of carbonyl (C=O) groups is 2. The number of nitrogens with zero attached hydrogens (tertiary/aromatic N) is 2. The number of nitro groups is 1. The highest BCUT2D eigenvalue weighted by Crippen LogP contribution is 2.24. The van der Waals surface area contributed by atoms with Crippen molar-refractivity contribution < 1.29 is 19.2 Å². The van der Waals surface area contributed by atoms with Gasteiger partial charge in [0.2, 0.25) is 0 Å². The van der Waals surface area contributed by atoms with E-state index in [2.05, 4.69) is 4.98 Å². The summed E-state index contributed by atoms with van der Waals surface area (Å²) in [5, 5.41) is 11.3. The minimum absolute atomic E-state index is 0.0564. The molecule has 1 N–H and O–H groups in total. The Morgan fingerprint density at radius 1 is 1.32 bits per heavy atom. The summed E-state index contributed by atoms with van der Waals surface area (Å²) in [6, 6.07) is 4.20. The molecule has 1 aromatic carbocycles. The van der Waals surface area contributed by atoms with E-state index in [9.17, 15) is 19.7 Å². The van der Waals surface area contributed by atoms with Gasteiger partial charge >= 0.3 is 5.97 Å². The number of ketones is 1. The van der Waals surface area contributed by atoms with Gasteiger partial charge in [-0.05, 0) is 45.0 Å². The van der Waals surface area contributed by atoms with E-state index in [-0.39, 0.29) is 36.9 Å². The number of H-pyrrole nitrogens is 1. The summed E-state index contributed by atoms with van der Waals surface area (Å²) in [7, 11) is 1.72. The van der Waals surface area contributed by atoms with Crippen LogP contribution in [-0.4, -0.2) is 46.8 Å². The molecule has 1 heterocycles. The zero-order chi connectivity index (χ0) is 21.0. The summed E-state index contributed by atoms with van der Waals surface area (Å²) >= 11 is 6.13. The van der Waals surface area contributed by atoms with Crippen molar-refractivity contribution in [1.29, 1.82) is 0 Å². The number of aryl methyl sites for hydroxylation is 1. The molecule has 0 radical (unpaired) electrons. The second-order valence-corrected chi connectivity index (χ2v) is 6.88. The molecule has 0 saturated carbocycles. The number of likely N-dealkylation sites (N-methyl/N-ethyl adjacent to an activating group) is 1. The van der Waals surface area contributed by atoms with Gasteiger partial charge in [-0.3, -0.25) is 19.8 Å². The third kappa shape index (κ3) is 4.76. The van der Waals surface area contributed by atoms with Gasteiger partial charge in [-0.25, -0.2) is 4.79 Å². The predicted molar refractivity (Wildman–Crippen MR) is 105 cm³/mol. The number of carbonyl (C=O) groups excluding carboxylic acids is 2. The summed E-state index contributed by atoms with van der Waals surface area (Å²) in [6.07, 6.45) is 0. The Kier molecular flexibility index (Phi) is 6.93. The Balaban J connectivity index is 2.16. The quantitative estimate of drug-likeness (QED) is 0.309. The standard InChI is InChI=1S/C19H22ClN3O5/c1-5-28-19(25)18-11(2)17(12(3)21-18)16(24)10-22(4)9-13-8-14(23(26)27)6-7-15(13)20/h6-8,21H,5,9-10H2,1-4H3. The van der Waals surface area contributed by atoms with Crippen LogP contribution >= 0.6 is 11.6 Å². The van der Waals surface area contributed by atoms with Crippen LogP contribution in [0.2, 0.25) is 5.02 Å². The molecule has 0 amide bonds. The molecule has 2 aromatic rings. The van der Waals surface area contributed by atoms with E-state index in [1.165, 1.54) is 18.2 Å². The van der Waals surface area contributed by atoms with Crippen molar-refractivity contribution in [3.8, 4) is 0 Å². The molecule has 0 aliphatic carbocycles. The van der Waals surface area contributed by atoms with Crippen LogP contribution in [0, 0.1) is 24.0 Å². The van der Waals surface area contributed by atoms with Crippen LogP contribution in [0.5, 0.6) is 0 Å². The zero-order valence-electron chi connectivity index (χ0n) is 16.2. The molecule has 0 aliphatic heterocycles. The third-order valence-electron chi connectivity index (χ3n) is 4.29. The van der Waals surface area contributed by atoms with Crippen molar-refractivity contribution in [2.24, 2.45) is 0 Å². The Morgan fingerprint density at radius 3 is 2.61 bits per heavy atom. The number of nitro benzene ring substituents is 1. The molecule has 9 heteroatoms. The van der Waals surface area contributed by atoms with Crippen molar-refractivity contribution in [3.05, 3.63) is 61.4 Å². The van der Waals surface area contributed by atoms with Crippen LogP contribution < -0.4 is 0 Å². The van der Waals surface area contributed by atoms with Gasteiger partial charge in [0.05, 0.1) is 18.1 Å². The molecule has 0 fully saturated rings. The van der Waals surface area contributed by atoms with Crippen LogP contribution in [0.4, 0.5) is 5.69 Å². The molecule has 0 spiro atoms. The number of ether oxygens (including phenoxy) is 1. The van der Waals surface area contributed by atoms with Crippen LogP contribution in [0.1, 0.15) is 44.6 Å². The number of non-ortho nitro benzene ring substituents is 1. The van der Waals surface area contributed by atoms with Gasteiger partial charge in [-0.2, -0.15) is 0 Å². The molecular formula is C19H22ClN3O5. The number of aromatic nitrogens is 1. The molecule has 28 heavy (non-hydrogen) atoms. The number of nitrogens with one attached hydrogen (secondary N) is 1. The van der Waals surface area contributed by atoms with Crippen molar-refractivity contribution in [2.75, 3.05) is 20.2 Å². The van der Waals surface area contributed by atoms with E-state index in [0.717, 1.165) is 0 Å². The van der Waals surface area contributed by atoms with E-state index in [0.29, 0.717) is 27.4 Å². The van der Waals surface area contributed by atoms with E-state index in [1.807, 2.05) is 0 Å². The number of aromatic amines is 1. The maximum absolute atomic E-state index is 12.8. The van der Waals surface area contributed by atoms with Gasteiger partial charge in [-0.15, -0.1) is 0 Å². The summed E-state index contributed by atoms with van der Waals surface area (Å²) in [6.45, 7) is 5.69. The van der Waals surface area contributed by atoms with Crippen molar-refractivity contribution in [2.45, 2.75) is 27.3 Å². The second kappa shape index (κ2) is 8.99. The first kappa shape index (κ1) is 21.6. The number of halogens is 1. The fourth-order valence-corrected chi connectivity index (χ4v) is 3.22. The summed E-state index contributed by atoms with van der Waals surface area (Å²) < 4.78 is 5.00. The molecule has 150 valence electrons. The first-order valence-corrected chi connectivity index (χ1v) is 9.04. The normalized spacial score (nSPS) is 10.9. The molecule has 0 unspecified atom stereocenters.